The number of rotatable bonds is 3. The molecule has 0 atom stereocenters. The van der Waals surface area contributed by atoms with Gasteiger partial charge in [0.25, 0.3) is 0 Å². The van der Waals surface area contributed by atoms with Crippen LogP contribution >= 0.6 is 23.6 Å². The van der Waals surface area contributed by atoms with Crippen molar-refractivity contribution in [3.8, 4) is 0 Å². The van der Waals surface area contributed by atoms with E-state index in [0.717, 1.165) is 29.9 Å². The average molecular weight is 380 g/mol. The largest absolute Gasteiger partial charge is 0.331 e. The summed E-state index contributed by atoms with van der Waals surface area (Å²) in [6.07, 6.45) is 4.81. The number of aromatic nitrogens is 1. The van der Waals surface area contributed by atoms with Gasteiger partial charge in [-0.25, -0.2) is 0 Å². The molecule has 132 valence electrons. The van der Waals surface area contributed by atoms with E-state index in [2.05, 4.69) is 40.2 Å². The number of para-hydroxylation sites is 1. The first-order valence-electron chi connectivity index (χ1n) is 8.96. The normalized spacial score (nSPS) is 14.1. The molecule has 0 fully saturated rings. The quantitative estimate of drug-likeness (QED) is 0.664. The Morgan fingerprint density at radius 2 is 1.69 bits per heavy atom. The van der Waals surface area contributed by atoms with Crippen molar-refractivity contribution in [3.63, 3.8) is 0 Å². The van der Waals surface area contributed by atoms with Crippen LogP contribution in [0.3, 0.4) is 0 Å². The van der Waals surface area contributed by atoms with Gasteiger partial charge in [-0.15, -0.1) is 11.3 Å². The molecule has 4 rings (SSSR count). The highest BCUT2D eigenvalue weighted by molar-refractivity contribution is 7.80. The molecule has 0 bridgehead atoms. The highest BCUT2D eigenvalue weighted by Crippen LogP contribution is 2.24. The van der Waals surface area contributed by atoms with Gasteiger partial charge in [-0.3, -0.25) is 0 Å². The summed E-state index contributed by atoms with van der Waals surface area (Å²) in [7, 11) is 0. The molecule has 1 aliphatic carbocycles. The van der Waals surface area contributed by atoms with Crippen molar-refractivity contribution in [3.05, 3.63) is 81.6 Å². The molecule has 26 heavy (non-hydrogen) atoms. The minimum atomic E-state index is 0.511. The van der Waals surface area contributed by atoms with E-state index in [4.69, 9.17) is 17.2 Å². The molecule has 0 aliphatic heterocycles. The maximum Gasteiger partial charge on any atom is 0.199 e. The number of nitrogens with zero attached hydrogens (tertiary/aromatic N) is 2. The molecule has 3 nitrogen and oxygen atoms in total. The fourth-order valence-electron chi connectivity index (χ4n) is 3.31. The topological polar surface area (TPSA) is 29.3 Å². The van der Waals surface area contributed by atoms with E-state index in [1.165, 1.54) is 29.0 Å². The maximum atomic E-state index is 5.50. The first kappa shape index (κ1) is 17.2. The molecule has 0 amide bonds. The summed E-state index contributed by atoms with van der Waals surface area (Å²) in [5.41, 5.74) is 3.70. The lowest BCUT2D eigenvalue weighted by molar-refractivity contribution is 0.622. The highest BCUT2D eigenvalue weighted by Gasteiger charge is 2.17. The molecular formula is C21H21N3S2. The Morgan fingerprint density at radius 3 is 2.46 bits per heavy atom. The standard InChI is InChI=1S/C21H21N3S2/c25-20(22-17-11-5-2-6-12-17)23-21-24(15-16-9-3-1-4-10-16)18-13-7-8-14-19(18)26-21/h1-6,9-12H,7-8,13-15H2,(H,22,25). The number of benzene rings is 2. The van der Waals surface area contributed by atoms with Crippen molar-refractivity contribution in [2.24, 2.45) is 4.99 Å². The fraction of sp³-hybridized carbons (Fsp3) is 0.238. The Labute approximate surface area is 163 Å². The third-order valence-corrected chi connectivity index (χ3v) is 5.94. The Hall–Kier alpha value is -2.24. The van der Waals surface area contributed by atoms with Gasteiger partial charge in [0.1, 0.15) is 0 Å². The van der Waals surface area contributed by atoms with Crippen LogP contribution in [0, 0.1) is 0 Å². The lowest BCUT2D eigenvalue weighted by atomic mass is 10.0. The number of aryl methyl sites for hydroxylation is 1. The molecule has 1 N–H and O–H groups in total. The zero-order valence-electron chi connectivity index (χ0n) is 14.5. The summed E-state index contributed by atoms with van der Waals surface area (Å²) < 4.78 is 2.35. The van der Waals surface area contributed by atoms with Crippen LogP contribution in [-0.2, 0) is 19.4 Å². The molecule has 3 aromatic rings. The van der Waals surface area contributed by atoms with Gasteiger partial charge in [0, 0.05) is 16.3 Å². The van der Waals surface area contributed by atoms with E-state index in [1.54, 1.807) is 11.3 Å². The van der Waals surface area contributed by atoms with Gasteiger partial charge in [0.2, 0.25) is 0 Å². The van der Waals surface area contributed by atoms with E-state index in [1.807, 2.05) is 30.3 Å². The predicted molar refractivity (Wildman–Crippen MR) is 113 cm³/mol. The van der Waals surface area contributed by atoms with Gasteiger partial charge in [-0.05, 0) is 55.6 Å². The number of hydrogen-bond donors (Lipinski definition) is 1. The predicted octanol–water partition coefficient (Wildman–Crippen LogP) is 4.77. The average Bonchev–Trinajstić information content (AvgIpc) is 3.00. The van der Waals surface area contributed by atoms with Gasteiger partial charge in [-0.2, -0.15) is 4.99 Å². The molecule has 0 radical (unpaired) electrons. The second-order valence-corrected chi connectivity index (χ2v) is 7.89. The van der Waals surface area contributed by atoms with Crippen LogP contribution < -0.4 is 10.1 Å². The van der Waals surface area contributed by atoms with E-state index in [-0.39, 0.29) is 0 Å². The van der Waals surface area contributed by atoms with Gasteiger partial charge < -0.3 is 9.88 Å². The Kier molecular flexibility index (Phi) is 5.27. The van der Waals surface area contributed by atoms with Crippen LogP contribution in [0.25, 0.3) is 0 Å². The molecule has 0 saturated heterocycles. The van der Waals surface area contributed by atoms with Crippen molar-refractivity contribution >= 4 is 34.4 Å². The van der Waals surface area contributed by atoms with Gasteiger partial charge in [0.15, 0.2) is 9.91 Å². The van der Waals surface area contributed by atoms with E-state index in [0.29, 0.717) is 5.11 Å². The van der Waals surface area contributed by atoms with Crippen LogP contribution in [0.15, 0.2) is 65.7 Å². The minimum absolute atomic E-state index is 0.511. The highest BCUT2D eigenvalue weighted by atomic mass is 32.1. The van der Waals surface area contributed by atoms with Crippen molar-refractivity contribution < 1.29 is 0 Å². The lowest BCUT2D eigenvalue weighted by Crippen LogP contribution is -2.22. The number of thiocarbonyl (C=S) groups is 1. The molecule has 1 aromatic heterocycles. The third-order valence-electron chi connectivity index (χ3n) is 4.57. The number of anilines is 1. The second kappa shape index (κ2) is 7.98. The summed E-state index contributed by atoms with van der Waals surface area (Å²) in [6, 6.07) is 20.6. The molecule has 0 spiro atoms. The molecular weight excluding hydrogens is 358 g/mol. The molecule has 1 heterocycles. The minimum Gasteiger partial charge on any atom is -0.331 e. The molecule has 0 saturated carbocycles. The first-order chi connectivity index (χ1) is 12.8. The van der Waals surface area contributed by atoms with Crippen molar-refractivity contribution in [1.29, 1.82) is 0 Å². The van der Waals surface area contributed by atoms with Crippen LogP contribution in [0.4, 0.5) is 5.69 Å². The fourth-order valence-corrected chi connectivity index (χ4v) is 4.79. The number of hydrogen-bond acceptors (Lipinski definition) is 2. The molecule has 0 unspecified atom stereocenters. The van der Waals surface area contributed by atoms with Gasteiger partial charge >= 0.3 is 0 Å². The summed E-state index contributed by atoms with van der Waals surface area (Å²) in [4.78, 5) is 7.22. The van der Waals surface area contributed by atoms with E-state index >= 15 is 0 Å². The molecule has 5 heteroatoms. The van der Waals surface area contributed by atoms with Crippen molar-refractivity contribution in [2.75, 3.05) is 5.32 Å². The van der Waals surface area contributed by atoms with E-state index in [9.17, 15) is 0 Å². The third kappa shape index (κ3) is 3.94. The lowest BCUT2D eigenvalue weighted by Gasteiger charge is -2.14. The Morgan fingerprint density at radius 1 is 1.00 bits per heavy atom. The molecule has 1 aliphatic rings. The monoisotopic (exact) mass is 379 g/mol. The van der Waals surface area contributed by atoms with Crippen molar-refractivity contribution in [2.45, 2.75) is 32.2 Å². The zero-order chi connectivity index (χ0) is 17.8. The summed E-state index contributed by atoms with van der Waals surface area (Å²) >= 11 is 7.29. The smallest absolute Gasteiger partial charge is 0.199 e. The number of nitrogens with one attached hydrogen (secondary N) is 1. The Bertz CT molecular complexity index is 956. The van der Waals surface area contributed by atoms with E-state index < -0.39 is 0 Å². The summed E-state index contributed by atoms with van der Waals surface area (Å²) in [5, 5.41) is 3.73. The number of fused-ring (bicyclic) bond motifs is 1. The van der Waals surface area contributed by atoms with Crippen LogP contribution in [0.5, 0.6) is 0 Å². The summed E-state index contributed by atoms with van der Waals surface area (Å²) in [5.74, 6) is 0. The van der Waals surface area contributed by atoms with Crippen LogP contribution in [0.1, 0.15) is 29.0 Å². The van der Waals surface area contributed by atoms with Crippen LogP contribution in [0.2, 0.25) is 0 Å². The van der Waals surface area contributed by atoms with Crippen molar-refractivity contribution in [1.82, 2.24) is 4.57 Å². The van der Waals surface area contributed by atoms with Gasteiger partial charge in [-0.1, -0.05) is 48.5 Å². The summed E-state index contributed by atoms with van der Waals surface area (Å²) in [6.45, 7) is 0.847. The van der Waals surface area contributed by atoms with Gasteiger partial charge in [0.05, 0.1) is 6.54 Å². The zero-order valence-corrected chi connectivity index (χ0v) is 16.2. The second-order valence-electron chi connectivity index (χ2n) is 6.44. The SMILES string of the molecule is S=C(N=c1sc2c(n1Cc1ccccc1)CCCC2)Nc1ccccc1. The number of thiazole rings is 1. The maximum absolute atomic E-state index is 5.50. The molecule has 2 aromatic carbocycles. The Balaban J connectivity index is 1.68. The first-order valence-corrected chi connectivity index (χ1v) is 10.2. The van der Waals surface area contributed by atoms with Crippen LogP contribution in [-0.4, -0.2) is 9.68 Å².